The van der Waals surface area contributed by atoms with Gasteiger partial charge in [-0.3, -0.25) is 50.3 Å². The summed E-state index contributed by atoms with van der Waals surface area (Å²) in [6, 6.07) is 0. The molecule has 0 aliphatic heterocycles. The van der Waals surface area contributed by atoms with Crippen molar-refractivity contribution in [3.05, 3.63) is 7.43 Å². The van der Waals surface area contributed by atoms with Gasteiger partial charge in [0.05, 0.1) is 12.2 Å². The van der Waals surface area contributed by atoms with Crippen LogP contribution in [0.5, 0.6) is 0 Å². The summed E-state index contributed by atoms with van der Waals surface area (Å²) in [6.45, 7) is 26.5. The molecule has 0 N–H and O–H groups in total. The molecule has 2 fully saturated rings. The van der Waals surface area contributed by atoms with E-state index in [1.54, 1.807) is 27.7 Å². The molecule has 0 heterocycles. The third-order valence-corrected chi connectivity index (χ3v) is 7.09. The minimum atomic E-state index is -0.771. The maximum absolute atomic E-state index is 12.4. The molecule has 4 unspecified atom stereocenters. The van der Waals surface area contributed by atoms with Gasteiger partial charge in [-0.1, -0.05) is 44.7 Å². The standard InChI is InChI=1S/C18H28Br2O4S2.6CHO.CH3.2Fe/c1-17(2,19)15(21)23-11-9-7-5-6-8-10(9)12(14(26)13(11)25)24-16(22)18(3,4)20;6*1-2;;;/h9-14,25-26H,5-8H2,1-4H3;6*1H;1H3;;/q;7*-1;+4;+5/p-2/t9?,10?,11?,12?,13-,14-;;;;;;;;;/m1........./s1. The smallest absolute Gasteiger partial charge is 0.787 e. The molecule has 0 aromatic rings. The van der Waals surface area contributed by atoms with Gasteiger partial charge in [-0.2, -0.15) is 0 Å². The summed E-state index contributed by atoms with van der Waals surface area (Å²) >= 11 is 18.0. The van der Waals surface area contributed by atoms with Crippen LogP contribution < -0.4 is 0 Å². The van der Waals surface area contributed by atoms with E-state index in [1.807, 2.05) is 0 Å². The third kappa shape index (κ3) is 21.9. The van der Waals surface area contributed by atoms with Crippen molar-refractivity contribution in [1.82, 2.24) is 0 Å². The number of carbonyl (C=O) groups is 2. The number of hydrogen-bond donors (Lipinski definition) is 0. The second kappa shape index (κ2) is 34.2. The van der Waals surface area contributed by atoms with Gasteiger partial charge in [0.2, 0.25) is 0 Å². The summed E-state index contributed by atoms with van der Waals surface area (Å²) in [5.74, 6) is -0.497. The van der Waals surface area contributed by atoms with Crippen LogP contribution in [-0.2, 0) is 107 Å². The summed E-state index contributed by atoms with van der Waals surface area (Å²) in [6.07, 6.45) is 3.12. The van der Waals surface area contributed by atoms with Crippen molar-refractivity contribution >= 4 is 110 Å². The predicted molar refractivity (Wildman–Crippen MR) is 160 cm³/mol. The average Bonchev–Trinajstić information content (AvgIpc) is 2.94. The normalized spacial score (nSPS) is 23.0. The van der Waals surface area contributed by atoms with E-state index in [-0.39, 0.29) is 65.3 Å². The van der Waals surface area contributed by atoms with Crippen molar-refractivity contribution in [3.63, 3.8) is 0 Å². The van der Waals surface area contributed by atoms with E-state index in [1.165, 1.54) is 0 Å². The molecule has 6 atom stereocenters. The molecular formula is C25H35Br2Fe2O10S2. The summed E-state index contributed by atoms with van der Waals surface area (Å²) in [5.41, 5.74) is 0. The predicted octanol–water partition coefficient (Wildman–Crippen LogP) is 2.61. The topological polar surface area (TPSA) is 155 Å². The molecule has 0 aromatic heterocycles. The van der Waals surface area contributed by atoms with Gasteiger partial charge in [-0.25, -0.2) is 0 Å². The Labute approximate surface area is 293 Å². The summed E-state index contributed by atoms with van der Waals surface area (Å²) < 4.78 is 10.1. The number of fused-ring (bicyclic) bond motifs is 1. The van der Waals surface area contributed by atoms with Crippen LogP contribution in [0.4, 0.5) is 0 Å². The molecule has 0 amide bonds. The number of esters is 2. The molecule has 2 rings (SSSR count). The van der Waals surface area contributed by atoms with Crippen molar-refractivity contribution in [3.8, 4) is 0 Å². The molecule has 2 aliphatic rings. The first-order valence-corrected chi connectivity index (χ1v) is 12.9. The summed E-state index contributed by atoms with van der Waals surface area (Å²) in [5, 5.41) is -0.918. The van der Waals surface area contributed by atoms with Crippen LogP contribution >= 0.6 is 31.9 Å². The van der Waals surface area contributed by atoms with Gasteiger partial charge in [0, 0.05) is 11.8 Å². The van der Waals surface area contributed by atoms with E-state index in [0.29, 0.717) is 0 Å². The zero-order chi connectivity index (χ0) is 31.9. The molecule has 2 aliphatic carbocycles. The molecule has 0 spiro atoms. The van der Waals surface area contributed by atoms with E-state index >= 15 is 0 Å². The first-order chi connectivity index (χ1) is 17.8. The molecule has 0 saturated heterocycles. The molecule has 41 heavy (non-hydrogen) atoms. The van der Waals surface area contributed by atoms with Gasteiger partial charge in [-0.15, -0.1) is 10.5 Å². The fourth-order valence-corrected chi connectivity index (χ4v) is 4.71. The van der Waals surface area contributed by atoms with Crippen LogP contribution in [0.2, 0.25) is 0 Å². The van der Waals surface area contributed by atoms with Crippen molar-refractivity contribution in [1.29, 1.82) is 0 Å². The van der Waals surface area contributed by atoms with E-state index in [2.05, 4.69) is 72.6 Å². The van der Waals surface area contributed by atoms with Gasteiger partial charge >= 0.3 is 46.1 Å². The Morgan fingerprint density at radius 2 is 0.829 bits per heavy atom. The number of alkyl halides is 2. The van der Waals surface area contributed by atoms with Crippen molar-refractivity contribution in [2.45, 2.75) is 84.7 Å². The SMILES string of the molecule is CC(C)(Br)C(=O)OC1C2CCCCC2C(OC(=O)C(C)(C)Br)[C@@H]([S-])[C@@H]1[S-].[CH-]=O.[CH-]=O.[CH-]=O.[CH-]=O.[CH-]=O.[CH-]=O.[CH3-].[Fe+4].[Fe+5]. The number of hydrogen-bond acceptors (Lipinski definition) is 12. The first-order valence-electron chi connectivity index (χ1n) is 10.4. The van der Waals surface area contributed by atoms with Crippen LogP contribution in [-0.4, -0.2) is 84.0 Å². The van der Waals surface area contributed by atoms with Crippen LogP contribution in [0, 0.1) is 19.3 Å². The Bertz CT molecular complexity index is 595. The summed E-state index contributed by atoms with van der Waals surface area (Å²) in [4.78, 5) is 71.3. The van der Waals surface area contributed by atoms with Crippen LogP contribution in [0.3, 0.4) is 0 Å². The van der Waals surface area contributed by atoms with Gasteiger partial charge < -0.3 is 70.9 Å². The average molecular weight is 831 g/mol. The third-order valence-electron chi connectivity index (χ3n) is 5.15. The Kier molecular flexibility index (Phi) is 49.9. The number of rotatable bonds is 4. The zero-order valence-corrected chi connectivity index (χ0v) is 30.1. The Morgan fingerprint density at radius 1 is 0.634 bits per heavy atom. The molecule has 1 radical (unpaired) electrons. The van der Waals surface area contributed by atoms with Crippen molar-refractivity contribution < 1.29 is 82.0 Å². The van der Waals surface area contributed by atoms with E-state index in [9.17, 15) is 9.59 Å². The van der Waals surface area contributed by atoms with Crippen LogP contribution in [0.25, 0.3) is 0 Å². The number of ether oxygens (including phenoxy) is 2. The Hall–Kier alpha value is -0.341. The fraction of sp³-hybridized carbons (Fsp3) is 0.640. The molecule has 237 valence electrons. The fourth-order valence-electron chi connectivity index (χ4n) is 3.70. The van der Waals surface area contributed by atoms with Gasteiger partial charge in [0.1, 0.15) is 8.65 Å². The van der Waals surface area contributed by atoms with E-state index in [0.717, 1.165) is 25.7 Å². The van der Waals surface area contributed by atoms with Crippen LogP contribution in [0.15, 0.2) is 0 Å². The zero-order valence-electron chi connectivity index (χ0n) is 23.1. The Balaban J connectivity index is -0.000000107. The van der Waals surface area contributed by atoms with Crippen LogP contribution in [0.1, 0.15) is 53.4 Å². The van der Waals surface area contributed by atoms with E-state index < -0.39 is 31.4 Å². The van der Waals surface area contributed by atoms with Gasteiger partial charge in [-0.05, 0) is 40.5 Å². The van der Waals surface area contributed by atoms with Crippen molar-refractivity contribution in [2.24, 2.45) is 11.8 Å². The minimum Gasteiger partial charge on any atom is -0.787 e. The Morgan fingerprint density at radius 3 is 1.00 bits per heavy atom. The largest absolute Gasteiger partial charge is 5.00 e. The molecule has 0 bridgehead atoms. The number of carbonyl (C=O) groups excluding carboxylic acids is 8. The molecule has 2 saturated carbocycles. The second-order valence-electron chi connectivity index (χ2n) is 8.23. The maximum Gasteiger partial charge on any atom is 5.00 e. The second-order valence-corrected chi connectivity index (χ2v) is 13.3. The first kappa shape index (κ1) is 60.0. The quantitative estimate of drug-likeness (QED) is 0.102. The molecule has 0 aromatic carbocycles. The van der Waals surface area contributed by atoms with Gasteiger partial charge in [0.25, 0.3) is 0 Å². The molecule has 10 nitrogen and oxygen atoms in total. The molecule has 16 heteroatoms. The van der Waals surface area contributed by atoms with E-state index in [4.69, 9.17) is 63.5 Å². The van der Waals surface area contributed by atoms with Gasteiger partial charge in [0.15, 0.2) is 0 Å². The number of halogens is 2. The van der Waals surface area contributed by atoms with Crippen molar-refractivity contribution in [2.75, 3.05) is 0 Å². The molecular weight excluding hydrogens is 796 g/mol. The monoisotopic (exact) mass is 829 g/mol. The summed E-state index contributed by atoms with van der Waals surface area (Å²) in [7, 11) is 0. The minimum absolute atomic E-state index is 0. The maximum atomic E-state index is 12.4.